The highest BCUT2D eigenvalue weighted by atomic mass is 32.2. The molecule has 0 saturated carbocycles. The summed E-state index contributed by atoms with van der Waals surface area (Å²) in [5.74, 6) is -5.68. The van der Waals surface area contributed by atoms with E-state index < -0.39 is 68.8 Å². The molecule has 2 aliphatic rings. The zero-order valence-electron chi connectivity index (χ0n) is 15.9. The van der Waals surface area contributed by atoms with E-state index in [4.69, 9.17) is 10.8 Å². The third-order valence-electron chi connectivity index (χ3n) is 4.37. The normalized spacial score (nSPS) is 21.9. The smallest absolute Gasteiger partial charge is 0.352 e. The van der Waals surface area contributed by atoms with E-state index in [1.165, 1.54) is 5.38 Å². The first-order valence-corrected chi connectivity index (χ1v) is 11.1. The fraction of sp³-hybridized carbons (Fsp3) is 0.250. The van der Waals surface area contributed by atoms with Crippen LogP contribution in [0.5, 0.6) is 0 Å². The van der Waals surface area contributed by atoms with Crippen LogP contribution in [0, 0.1) is 0 Å². The topological polar surface area (TPSA) is 219 Å². The maximum atomic E-state index is 12.7. The number of anilines is 1. The van der Waals surface area contributed by atoms with Crippen molar-refractivity contribution in [1.82, 2.24) is 15.2 Å². The van der Waals surface area contributed by atoms with E-state index in [0.29, 0.717) is 4.90 Å². The number of nitrogen functional groups attached to an aromatic ring is 1. The van der Waals surface area contributed by atoms with E-state index in [2.05, 4.69) is 26.9 Å². The summed E-state index contributed by atoms with van der Waals surface area (Å²) >= 11 is 0.935. The number of carboxylic acids is 2. The van der Waals surface area contributed by atoms with E-state index in [9.17, 15) is 32.7 Å². The number of fused-ring (bicyclic) bond motifs is 1. The molecule has 0 aromatic carbocycles. The van der Waals surface area contributed by atoms with Gasteiger partial charge in [0, 0.05) is 5.38 Å². The number of nitrogens with zero attached hydrogens (tertiary/aromatic N) is 3. The first-order valence-electron chi connectivity index (χ1n) is 8.55. The lowest BCUT2D eigenvalue weighted by molar-refractivity contribution is -0.150. The number of hydrogen-bond acceptors (Lipinski definition) is 11. The third kappa shape index (κ3) is 4.04. The summed E-state index contributed by atoms with van der Waals surface area (Å²) in [5.41, 5.74) is 4.16. The summed E-state index contributed by atoms with van der Waals surface area (Å²) in [6.07, 6.45) is 1.04. The van der Waals surface area contributed by atoms with Crippen LogP contribution in [-0.2, 0) is 33.9 Å². The quantitative estimate of drug-likeness (QED) is 0.182. The van der Waals surface area contributed by atoms with Crippen LogP contribution in [0.4, 0.5) is 5.13 Å². The van der Waals surface area contributed by atoms with Gasteiger partial charge in [0.1, 0.15) is 17.4 Å². The largest absolute Gasteiger partial charge is 0.479 e. The fourth-order valence-corrected chi connectivity index (χ4v) is 5.62. The molecular formula is C16H15N5O9S2. The number of β-lactam (4-membered cyclic amide) rings is 1. The van der Waals surface area contributed by atoms with Crippen molar-refractivity contribution in [3.8, 4) is 0 Å². The standard InChI is InChI=1S/C16H15N5O9S2/c1-2-6-5-32(28,29)14-10(13(25)21(14)11(6)15(26)27)19-12(24)9(20-30-3-8(22)23)7-4-31-16(17)18-7/h2,4,10,14H,1,3,5H2,(H2,17,18)(H,19,24)(H,22,23)(H,26,27)/b20-9-/t10-,14-/m1/s1. The first kappa shape index (κ1) is 22.9. The Kier molecular flexibility index (Phi) is 6.00. The van der Waals surface area contributed by atoms with Gasteiger partial charge in [-0.25, -0.2) is 23.0 Å². The molecule has 2 aliphatic heterocycles. The summed E-state index contributed by atoms with van der Waals surface area (Å²) in [5, 5.41) is 23.4. The molecule has 1 aromatic heterocycles. The number of carbonyl (C=O) groups is 4. The van der Waals surface area contributed by atoms with E-state index in [0.717, 1.165) is 17.4 Å². The van der Waals surface area contributed by atoms with Gasteiger partial charge < -0.3 is 26.1 Å². The number of allylic oxidation sites excluding steroid dienone is 1. The molecule has 1 fully saturated rings. The van der Waals surface area contributed by atoms with Crippen LogP contribution in [0.1, 0.15) is 5.69 Å². The van der Waals surface area contributed by atoms with Gasteiger partial charge in [-0.15, -0.1) is 11.3 Å². The average molecular weight is 485 g/mol. The van der Waals surface area contributed by atoms with E-state index in [-0.39, 0.29) is 16.4 Å². The molecule has 5 N–H and O–H groups in total. The maximum Gasteiger partial charge on any atom is 0.352 e. The van der Waals surface area contributed by atoms with Gasteiger partial charge in [0.2, 0.25) is 6.61 Å². The molecule has 0 bridgehead atoms. The van der Waals surface area contributed by atoms with Gasteiger partial charge in [0.15, 0.2) is 26.1 Å². The highest BCUT2D eigenvalue weighted by molar-refractivity contribution is 7.92. The summed E-state index contributed by atoms with van der Waals surface area (Å²) in [6, 6.07) is -1.62. The Morgan fingerprint density at radius 2 is 2.12 bits per heavy atom. The van der Waals surface area contributed by atoms with Gasteiger partial charge >= 0.3 is 11.9 Å². The van der Waals surface area contributed by atoms with Crippen LogP contribution in [0.25, 0.3) is 0 Å². The zero-order valence-corrected chi connectivity index (χ0v) is 17.6. The Bertz CT molecular complexity index is 1200. The summed E-state index contributed by atoms with van der Waals surface area (Å²) in [6.45, 7) is 2.49. The molecule has 0 aliphatic carbocycles. The molecule has 3 heterocycles. The maximum absolute atomic E-state index is 12.7. The molecule has 170 valence electrons. The van der Waals surface area contributed by atoms with Crippen LogP contribution < -0.4 is 11.1 Å². The number of rotatable bonds is 8. The lowest BCUT2D eigenvalue weighted by Gasteiger charge is -2.48. The minimum atomic E-state index is -4.08. The molecular weight excluding hydrogens is 470 g/mol. The number of aliphatic carboxylic acids is 2. The predicted molar refractivity (Wildman–Crippen MR) is 108 cm³/mol. The minimum absolute atomic E-state index is 0.0488. The second kappa shape index (κ2) is 8.39. The summed E-state index contributed by atoms with van der Waals surface area (Å²) < 4.78 is 25.3. The Hall–Kier alpha value is -3.79. The van der Waals surface area contributed by atoms with Crippen molar-refractivity contribution in [2.24, 2.45) is 5.16 Å². The highest BCUT2D eigenvalue weighted by Crippen LogP contribution is 2.37. The lowest BCUT2D eigenvalue weighted by atomic mass is 10.0. The molecule has 2 amide bonds. The Balaban J connectivity index is 1.90. The molecule has 0 unspecified atom stereocenters. The van der Waals surface area contributed by atoms with Gasteiger partial charge in [-0.2, -0.15) is 0 Å². The Morgan fingerprint density at radius 3 is 2.66 bits per heavy atom. The van der Waals surface area contributed by atoms with Gasteiger partial charge in [-0.3, -0.25) is 14.5 Å². The molecule has 16 heteroatoms. The number of nitrogens with two attached hydrogens (primary N) is 1. The second-order valence-corrected chi connectivity index (χ2v) is 9.41. The number of carbonyl (C=O) groups excluding carboxylic acids is 2. The van der Waals surface area contributed by atoms with Crippen molar-refractivity contribution in [1.29, 1.82) is 0 Å². The van der Waals surface area contributed by atoms with Crippen LogP contribution in [0.2, 0.25) is 0 Å². The predicted octanol–water partition coefficient (Wildman–Crippen LogP) is -1.86. The van der Waals surface area contributed by atoms with Crippen LogP contribution in [0.15, 0.2) is 34.5 Å². The molecule has 3 rings (SSSR count). The molecule has 1 saturated heterocycles. The van der Waals surface area contributed by atoms with Crippen molar-refractivity contribution in [2.75, 3.05) is 18.1 Å². The minimum Gasteiger partial charge on any atom is -0.479 e. The molecule has 0 spiro atoms. The van der Waals surface area contributed by atoms with Gasteiger partial charge in [0.25, 0.3) is 11.8 Å². The SMILES string of the molecule is C=CC1=C(C(=O)O)N2C(=O)[C@@H](NC(=O)/C(=N\OCC(=O)O)c3csc(N)n3)[C@H]2S(=O)(=O)C1. The van der Waals surface area contributed by atoms with Crippen molar-refractivity contribution < 1.29 is 42.6 Å². The van der Waals surface area contributed by atoms with Gasteiger partial charge in [-0.1, -0.05) is 17.8 Å². The van der Waals surface area contributed by atoms with Crippen LogP contribution in [0.3, 0.4) is 0 Å². The van der Waals surface area contributed by atoms with E-state index >= 15 is 0 Å². The molecule has 0 radical (unpaired) electrons. The summed E-state index contributed by atoms with van der Waals surface area (Å²) in [7, 11) is -4.08. The molecule has 32 heavy (non-hydrogen) atoms. The Labute approximate surface area is 183 Å². The number of aromatic nitrogens is 1. The first-order chi connectivity index (χ1) is 15.0. The fourth-order valence-electron chi connectivity index (χ4n) is 3.09. The number of hydrogen-bond donors (Lipinski definition) is 4. The number of carboxylic acid groups (broad SMARTS) is 2. The number of amides is 2. The van der Waals surface area contributed by atoms with E-state index in [1.807, 2.05) is 0 Å². The Morgan fingerprint density at radius 1 is 1.44 bits per heavy atom. The third-order valence-corrected chi connectivity index (χ3v) is 6.98. The molecule has 2 atom stereocenters. The van der Waals surface area contributed by atoms with Gasteiger partial charge in [-0.05, 0) is 5.57 Å². The number of sulfone groups is 1. The second-order valence-electron chi connectivity index (χ2n) is 6.42. The lowest BCUT2D eigenvalue weighted by Crippen LogP contribution is -2.75. The van der Waals surface area contributed by atoms with Crippen molar-refractivity contribution in [3.63, 3.8) is 0 Å². The monoisotopic (exact) mass is 485 g/mol. The summed E-state index contributed by atoms with van der Waals surface area (Å²) in [4.78, 5) is 56.5. The van der Waals surface area contributed by atoms with Crippen molar-refractivity contribution in [2.45, 2.75) is 11.4 Å². The van der Waals surface area contributed by atoms with Crippen molar-refractivity contribution in [3.05, 3.63) is 35.0 Å². The number of oxime groups is 1. The zero-order chi connectivity index (χ0) is 23.8. The van der Waals surface area contributed by atoms with E-state index in [1.54, 1.807) is 0 Å². The molecule has 14 nitrogen and oxygen atoms in total. The highest BCUT2D eigenvalue weighted by Gasteiger charge is 2.60. The van der Waals surface area contributed by atoms with Crippen LogP contribution >= 0.6 is 11.3 Å². The number of nitrogens with one attached hydrogen (secondary N) is 1. The molecule has 1 aromatic rings. The van der Waals surface area contributed by atoms with Gasteiger partial charge in [0.05, 0.1) is 5.75 Å². The van der Waals surface area contributed by atoms with Crippen LogP contribution in [-0.4, -0.2) is 81.8 Å². The number of thiazole rings is 1. The average Bonchev–Trinajstić information content (AvgIpc) is 3.13. The van der Waals surface area contributed by atoms with Crippen molar-refractivity contribution >= 4 is 55.8 Å².